The molecule has 0 aliphatic carbocycles. The summed E-state index contributed by atoms with van der Waals surface area (Å²) in [5, 5.41) is 20.0. The highest BCUT2D eigenvalue weighted by atomic mass is 16.4. The molecule has 0 saturated carbocycles. The van der Waals surface area contributed by atoms with Crippen LogP contribution in [0, 0.1) is 0 Å². The van der Waals surface area contributed by atoms with Gasteiger partial charge in [0.1, 0.15) is 12.3 Å². The second kappa shape index (κ2) is 2.98. The van der Waals surface area contributed by atoms with Gasteiger partial charge in [-0.3, -0.25) is 10.1 Å². The molecule has 0 aromatic carbocycles. The lowest BCUT2D eigenvalue weighted by atomic mass is 10.0. The third-order valence-electron chi connectivity index (χ3n) is 1.66. The number of carbonyl (C=O) groups is 1. The Bertz CT molecular complexity index is 137. The van der Waals surface area contributed by atoms with Crippen molar-refractivity contribution in [1.82, 2.24) is 5.32 Å². The average Bonchev–Trinajstić information content (AvgIpc) is 1.88. The smallest absolute Gasteiger partial charge is 0.320 e. The Labute approximate surface area is 58.9 Å². The van der Waals surface area contributed by atoms with E-state index in [1.165, 1.54) is 0 Å². The number of carboxylic acids is 1. The lowest BCUT2D eigenvalue weighted by molar-refractivity contribution is -0.141. The summed E-state index contributed by atoms with van der Waals surface area (Å²) in [7, 11) is 0. The fourth-order valence-corrected chi connectivity index (χ4v) is 1.11. The molecular weight excluding hydrogens is 134 g/mol. The summed E-state index contributed by atoms with van der Waals surface area (Å²) in [6.07, 6.45) is 1.43. The van der Waals surface area contributed by atoms with Crippen LogP contribution in [0.25, 0.3) is 0 Å². The minimum atomic E-state index is -0.876. The molecular formula is C6H11NO3. The van der Waals surface area contributed by atoms with Crippen molar-refractivity contribution in [2.24, 2.45) is 0 Å². The van der Waals surface area contributed by atoms with Gasteiger partial charge in [0, 0.05) is 0 Å². The van der Waals surface area contributed by atoms with Crippen molar-refractivity contribution in [3.05, 3.63) is 0 Å². The maximum Gasteiger partial charge on any atom is 0.320 e. The third kappa shape index (κ3) is 1.68. The Morgan fingerprint density at radius 3 is 2.60 bits per heavy atom. The first kappa shape index (κ1) is 7.50. The second-order valence-corrected chi connectivity index (χ2v) is 2.50. The number of hydrogen-bond donors (Lipinski definition) is 3. The van der Waals surface area contributed by atoms with Gasteiger partial charge in [0.15, 0.2) is 0 Å². The first-order chi connectivity index (χ1) is 4.70. The number of carboxylic acid groups (broad SMARTS) is 1. The molecule has 10 heavy (non-hydrogen) atoms. The Hall–Kier alpha value is -0.610. The maximum atomic E-state index is 10.3. The van der Waals surface area contributed by atoms with E-state index >= 15 is 0 Å². The quantitative estimate of drug-likeness (QED) is 0.466. The molecule has 0 aromatic rings. The Morgan fingerprint density at radius 1 is 1.50 bits per heavy atom. The lowest BCUT2D eigenvalue weighted by Crippen LogP contribution is -2.46. The van der Waals surface area contributed by atoms with E-state index in [0.717, 1.165) is 6.42 Å². The Morgan fingerprint density at radius 2 is 2.20 bits per heavy atom. The molecule has 1 rings (SSSR count). The first-order valence-electron chi connectivity index (χ1n) is 3.37. The van der Waals surface area contributed by atoms with E-state index in [0.29, 0.717) is 12.8 Å². The zero-order valence-corrected chi connectivity index (χ0v) is 5.58. The molecule has 0 aromatic heterocycles. The van der Waals surface area contributed by atoms with Crippen LogP contribution in [0.5, 0.6) is 0 Å². The van der Waals surface area contributed by atoms with E-state index in [9.17, 15) is 4.79 Å². The number of hydrogen-bond acceptors (Lipinski definition) is 3. The van der Waals surface area contributed by atoms with Crippen LogP contribution in [0.15, 0.2) is 0 Å². The van der Waals surface area contributed by atoms with Crippen molar-refractivity contribution in [2.75, 3.05) is 0 Å². The monoisotopic (exact) mass is 145 g/mol. The summed E-state index contributed by atoms with van der Waals surface area (Å²) in [5.74, 6) is -0.876. The van der Waals surface area contributed by atoms with Crippen LogP contribution < -0.4 is 5.32 Å². The van der Waals surface area contributed by atoms with Gasteiger partial charge in [0.05, 0.1) is 0 Å². The summed E-state index contributed by atoms with van der Waals surface area (Å²) in [5.41, 5.74) is 0. The number of piperidine rings is 1. The molecule has 0 spiro atoms. The molecule has 58 valence electrons. The minimum absolute atomic E-state index is 0.552. The average molecular weight is 145 g/mol. The van der Waals surface area contributed by atoms with Gasteiger partial charge in [-0.1, -0.05) is 0 Å². The molecule has 0 bridgehead atoms. The molecule has 4 nitrogen and oxygen atoms in total. The van der Waals surface area contributed by atoms with Gasteiger partial charge >= 0.3 is 5.97 Å². The third-order valence-corrected chi connectivity index (χ3v) is 1.66. The molecule has 1 fully saturated rings. The molecule has 1 aliphatic heterocycles. The SMILES string of the molecule is O=C(O)C1CCCC(O)N1. The molecule has 2 atom stereocenters. The van der Waals surface area contributed by atoms with Crippen LogP contribution in [0.4, 0.5) is 0 Å². The fourth-order valence-electron chi connectivity index (χ4n) is 1.11. The summed E-state index contributed by atoms with van der Waals surface area (Å²) in [6.45, 7) is 0. The number of aliphatic hydroxyl groups is 1. The molecule has 0 radical (unpaired) electrons. The van der Waals surface area contributed by atoms with E-state index in [2.05, 4.69) is 5.32 Å². The van der Waals surface area contributed by atoms with Crippen molar-refractivity contribution in [2.45, 2.75) is 31.5 Å². The molecule has 3 N–H and O–H groups in total. The largest absolute Gasteiger partial charge is 0.480 e. The van der Waals surface area contributed by atoms with Gasteiger partial charge in [0.25, 0.3) is 0 Å². The van der Waals surface area contributed by atoms with Gasteiger partial charge in [-0.15, -0.1) is 0 Å². The Kier molecular flexibility index (Phi) is 2.24. The predicted molar refractivity (Wildman–Crippen MR) is 34.4 cm³/mol. The van der Waals surface area contributed by atoms with E-state index in [1.54, 1.807) is 0 Å². The van der Waals surface area contributed by atoms with Crippen LogP contribution in [0.3, 0.4) is 0 Å². The molecule has 2 unspecified atom stereocenters. The van der Waals surface area contributed by atoms with Crippen molar-refractivity contribution >= 4 is 5.97 Å². The van der Waals surface area contributed by atoms with Crippen LogP contribution in [-0.2, 0) is 4.79 Å². The standard InChI is InChI=1S/C6H11NO3/c8-5-3-1-2-4(7-5)6(9)10/h4-5,7-8H,1-3H2,(H,9,10). The van der Waals surface area contributed by atoms with Crippen LogP contribution in [0.2, 0.25) is 0 Å². The molecule has 0 amide bonds. The highest BCUT2D eigenvalue weighted by Crippen LogP contribution is 2.10. The topological polar surface area (TPSA) is 69.6 Å². The van der Waals surface area contributed by atoms with Crippen molar-refractivity contribution < 1.29 is 15.0 Å². The van der Waals surface area contributed by atoms with E-state index in [-0.39, 0.29) is 0 Å². The van der Waals surface area contributed by atoms with E-state index in [4.69, 9.17) is 10.2 Å². The predicted octanol–water partition coefficient (Wildman–Crippen LogP) is -0.469. The minimum Gasteiger partial charge on any atom is -0.480 e. The van der Waals surface area contributed by atoms with E-state index in [1.807, 2.05) is 0 Å². The van der Waals surface area contributed by atoms with Gasteiger partial charge in [0.2, 0.25) is 0 Å². The molecule has 4 heteroatoms. The summed E-state index contributed by atoms with van der Waals surface area (Å²) in [6, 6.07) is -0.552. The van der Waals surface area contributed by atoms with Crippen molar-refractivity contribution in [3.63, 3.8) is 0 Å². The zero-order valence-electron chi connectivity index (χ0n) is 5.58. The number of aliphatic carboxylic acids is 1. The highest BCUT2D eigenvalue weighted by molar-refractivity contribution is 5.73. The highest BCUT2D eigenvalue weighted by Gasteiger charge is 2.23. The second-order valence-electron chi connectivity index (χ2n) is 2.50. The normalized spacial score (nSPS) is 33.7. The van der Waals surface area contributed by atoms with Crippen molar-refractivity contribution in [3.8, 4) is 0 Å². The number of nitrogens with one attached hydrogen (secondary N) is 1. The summed E-state index contributed by atoms with van der Waals surface area (Å²) < 4.78 is 0. The van der Waals surface area contributed by atoms with Crippen LogP contribution in [0.1, 0.15) is 19.3 Å². The van der Waals surface area contributed by atoms with Gasteiger partial charge in [-0.25, -0.2) is 0 Å². The van der Waals surface area contributed by atoms with Crippen molar-refractivity contribution in [1.29, 1.82) is 0 Å². The number of rotatable bonds is 1. The zero-order chi connectivity index (χ0) is 7.56. The Balaban J connectivity index is 2.39. The molecule has 1 saturated heterocycles. The number of aliphatic hydroxyl groups excluding tert-OH is 1. The molecule has 1 aliphatic rings. The van der Waals surface area contributed by atoms with Gasteiger partial charge in [-0.05, 0) is 19.3 Å². The summed E-state index contributed by atoms with van der Waals surface area (Å²) >= 11 is 0. The fraction of sp³-hybridized carbons (Fsp3) is 0.833. The summed E-state index contributed by atoms with van der Waals surface area (Å²) in [4.78, 5) is 10.3. The van der Waals surface area contributed by atoms with Crippen LogP contribution >= 0.6 is 0 Å². The maximum absolute atomic E-state index is 10.3. The van der Waals surface area contributed by atoms with Crippen LogP contribution in [-0.4, -0.2) is 28.5 Å². The van der Waals surface area contributed by atoms with Gasteiger partial charge in [-0.2, -0.15) is 0 Å². The lowest BCUT2D eigenvalue weighted by Gasteiger charge is -2.24. The van der Waals surface area contributed by atoms with E-state index < -0.39 is 18.2 Å². The first-order valence-corrected chi connectivity index (χ1v) is 3.37. The van der Waals surface area contributed by atoms with Gasteiger partial charge < -0.3 is 10.2 Å². The molecule has 1 heterocycles.